The van der Waals surface area contributed by atoms with E-state index in [1.807, 2.05) is 49.4 Å². The Morgan fingerprint density at radius 2 is 1.76 bits per heavy atom. The van der Waals surface area contributed by atoms with Gasteiger partial charge < -0.3 is 5.32 Å². The number of nitrogens with zero attached hydrogens (tertiary/aromatic N) is 3. The van der Waals surface area contributed by atoms with E-state index in [4.69, 9.17) is 0 Å². The van der Waals surface area contributed by atoms with E-state index in [2.05, 4.69) is 16.4 Å². The molecule has 0 unspecified atom stereocenters. The van der Waals surface area contributed by atoms with Gasteiger partial charge in [-0.2, -0.15) is 0 Å². The Morgan fingerprint density at radius 1 is 1.00 bits per heavy atom. The minimum atomic E-state index is -0.730. The predicted octanol–water partition coefficient (Wildman–Crippen LogP) is 3.11. The Labute approximate surface area is 196 Å². The van der Waals surface area contributed by atoms with Gasteiger partial charge in [-0.05, 0) is 55.0 Å². The van der Waals surface area contributed by atoms with Gasteiger partial charge in [-0.3, -0.25) is 23.5 Å². The van der Waals surface area contributed by atoms with Crippen LogP contribution in [0.5, 0.6) is 0 Å². The number of fused-ring (bicyclic) bond motifs is 2. The largest absolute Gasteiger partial charge is 0.348 e. The van der Waals surface area contributed by atoms with Crippen LogP contribution in [-0.4, -0.2) is 20.0 Å². The minimum Gasteiger partial charge on any atom is -0.348 e. The molecule has 0 fully saturated rings. The number of carbonyl (C=O) groups is 1. The van der Waals surface area contributed by atoms with Gasteiger partial charge in [-0.15, -0.1) is 0 Å². The summed E-state index contributed by atoms with van der Waals surface area (Å²) in [5, 5.41) is 3.07. The van der Waals surface area contributed by atoms with E-state index < -0.39 is 11.1 Å². The van der Waals surface area contributed by atoms with Gasteiger partial charge in [0, 0.05) is 6.20 Å². The van der Waals surface area contributed by atoms with Crippen molar-refractivity contribution in [2.45, 2.75) is 45.3 Å². The fourth-order valence-corrected chi connectivity index (χ4v) is 4.71. The summed E-state index contributed by atoms with van der Waals surface area (Å²) in [7, 11) is 0. The number of pyridine rings is 1. The zero-order valence-corrected chi connectivity index (χ0v) is 19.0. The van der Waals surface area contributed by atoms with Gasteiger partial charge >= 0.3 is 11.1 Å². The highest BCUT2D eigenvalue weighted by Crippen LogP contribution is 2.29. The van der Waals surface area contributed by atoms with Crippen LogP contribution >= 0.6 is 0 Å². The maximum Gasteiger partial charge on any atom is 0.318 e. The van der Waals surface area contributed by atoms with Crippen LogP contribution in [0.3, 0.4) is 0 Å². The summed E-state index contributed by atoms with van der Waals surface area (Å²) < 4.78 is 2.62. The number of rotatable bonds is 5. The lowest BCUT2D eigenvalue weighted by Gasteiger charge is -2.26. The van der Waals surface area contributed by atoms with Gasteiger partial charge in [-0.1, -0.05) is 54.1 Å². The number of amides is 1. The minimum absolute atomic E-state index is 0.0977. The molecule has 5 rings (SSSR count). The van der Waals surface area contributed by atoms with E-state index in [1.54, 1.807) is 18.3 Å². The zero-order chi connectivity index (χ0) is 23.7. The Morgan fingerprint density at radius 3 is 2.59 bits per heavy atom. The van der Waals surface area contributed by atoms with E-state index in [9.17, 15) is 14.4 Å². The first kappa shape index (κ1) is 21.8. The quantitative estimate of drug-likeness (QED) is 0.470. The lowest BCUT2D eigenvalue weighted by Crippen LogP contribution is -2.44. The molecule has 1 amide bonds. The maximum atomic E-state index is 13.1. The van der Waals surface area contributed by atoms with Crippen molar-refractivity contribution in [1.82, 2.24) is 19.4 Å². The predicted molar refractivity (Wildman–Crippen MR) is 131 cm³/mol. The van der Waals surface area contributed by atoms with Crippen LogP contribution < -0.4 is 16.4 Å². The molecule has 7 nitrogen and oxygen atoms in total. The summed E-state index contributed by atoms with van der Waals surface area (Å²) in [5.74, 6) is -0.301. The van der Waals surface area contributed by atoms with E-state index in [-0.39, 0.29) is 25.0 Å². The van der Waals surface area contributed by atoms with Gasteiger partial charge in [0.25, 0.3) is 0 Å². The van der Waals surface area contributed by atoms with Crippen molar-refractivity contribution in [1.29, 1.82) is 0 Å². The standard InChI is InChI=1S/C27H26N4O3/c1-18-11-13-19(14-12-18)16-31-25-23(10-5-15-28-25)30(26(33)27(31)34)17-24(32)29-22-9-4-7-20-6-2-3-8-21(20)22/h2-3,5-6,8,10-15,22H,4,7,9,16-17H2,1H3,(H,29,32)/t22-/m1/s1. The van der Waals surface area contributed by atoms with E-state index in [0.717, 1.165) is 36.0 Å². The molecule has 2 heterocycles. The fourth-order valence-electron chi connectivity index (χ4n) is 4.71. The van der Waals surface area contributed by atoms with Gasteiger partial charge in [0.05, 0.1) is 18.1 Å². The third kappa shape index (κ3) is 4.17. The molecule has 2 aromatic heterocycles. The number of aromatic nitrogens is 3. The highest BCUT2D eigenvalue weighted by Gasteiger charge is 2.23. The molecule has 4 aromatic rings. The van der Waals surface area contributed by atoms with Crippen molar-refractivity contribution in [3.05, 3.63) is 110 Å². The van der Waals surface area contributed by atoms with Crippen LogP contribution in [0.15, 0.2) is 76.4 Å². The van der Waals surface area contributed by atoms with Crippen LogP contribution in [0, 0.1) is 6.92 Å². The molecule has 7 heteroatoms. The topological polar surface area (TPSA) is 86.0 Å². The average Bonchev–Trinajstić information content (AvgIpc) is 2.86. The lowest BCUT2D eigenvalue weighted by molar-refractivity contribution is -0.122. The van der Waals surface area contributed by atoms with Gasteiger partial charge in [0.1, 0.15) is 6.54 Å². The second-order valence-electron chi connectivity index (χ2n) is 8.83. The number of hydrogen-bond acceptors (Lipinski definition) is 4. The van der Waals surface area contributed by atoms with Gasteiger partial charge in [0.2, 0.25) is 5.91 Å². The van der Waals surface area contributed by atoms with Crippen molar-refractivity contribution in [3.8, 4) is 0 Å². The van der Waals surface area contributed by atoms with Gasteiger partial charge in [0.15, 0.2) is 5.65 Å². The molecule has 0 bridgehead atoms. The Hall–Kier alpha value is -4.00. The van der Waals surface area contributed by atoms with E-state index >= 15 is 0 Å². The summed E-state index contributed by atoms with van der Waals surface area (Å²) in [6.07, 6.45) is 4.42. The molecule has 2 aromatic carbocycles. The summed E-state index contributed by atoms with van der Waals surface area (Å²) in [5.41, 5.74) is 3.78. The first-order chi connectivity index (χ1) is 16.5. The second kappa shape index (κ2) is 9.09. The van der Waals surface area contributed by atoms with Crippen molar-refractivity contribution in [2.75, 3.05) is 0 Å². The summed E-state index contributed by atoms with van der Waals surface area (Å²) in [6, 6.07) is 19.2. The highest BCUT2D eigenvalue weighted by molar-refractivity contribution is 5.79. The number of benzene rings is 2. The smallest absolute Gasteiger partial charge is 0.318 e. The molecule has 0 saturated carbocycles. The van der Waals surface area contributed by atoms with Crippen LogP contribution in [0.1, 0.15) is 41.1 Å². The summed E-state index contributed by atoms with van der Waals surface area (Å²) >= 11 is 0. The molecular weight excluding hydrogens is 428 g/mol. The molecule has 1 aliphatic carbocycles. The molecule has 34 heavy (non-hydrogen) atoms. The Balaban J connectivity index is 1.47. The maximum absolute atomic E-state index is 13.1. The first-order valence-corrected chi connectivity index (χ1v) is 11.5. The van der Waals surface area contributed by atoms with Crippen LogP contribution in [-0.2, 0) is 24.3 Å². The molecule has 172 valence electrons. The van der Waals surface area contributed by atoms with Crippen molar-refractivity contribution in [2.24, 2.45) is 0 Å². The molecule has 0 radical (unpaired) electrons. The van der Waals surface area contributed by atoms with Gasteiger partial charge in [-0.25, -0.2) is 4.98 Å². The summed E-state index contributed by atoms with van der Waals surface area (Å²) in [4.78, 5) is 43.6. The Bertz CT molecular complexity index is 1480. The van der Waals surface area contributed by atoms with Crippen LogP contribution in [0.4, 0.5) is 0 Å². The third-order valence-corrected chi connectivity index (χ3v) is 6.45. The molecule has 0 aliphatic heterocycles. The van der Waals surface area contributed by atoms with E-state index in [0.29, 0.717) is 11.2 Å². The van der Waals surface area contributed by atoms with Crippen LogP contribution in [0.25, 0.3) is 11.2 Å². The van der Waals surface area contributed by atoms with Crippen LogP contribution in [0.2, 0.25) is 0 Å². The highest BCUT2D eigenvalue weighted by atomic mass is 16.2. The molecule has 1 N–H and O–H groups in total. The molecule has 1 aliphatic rings. The SMILES string of the molecule is Cc1ccc(Cn2c(=O)c(=O)n(CC(=O)N[C@@H]3CCCc4ccccc43)c3cccnc32)cc1. The number of nitrogens with one attached hydrogen (secondary N) is 1. The first-order valence-electron chi connectivity index (χ1n) is 11.5. The van der Waals surface area contributed by atoms with Crippen molar-refractivity contribution >= 4 is 17.1 Å². The summed E-state index contributed by atoms with van der Waals surface area (Å²) in [6.45, 7) is 1.99. The zero-order valence-electron chi connectivity index (χ0n) is 19.0. The lowest BCUT2D eigenvalue weighted by atomic mass is 9.88. The fraction of sp³-hybridized carbons (Fsp3) is 0.259. The van der Waals surface area contributed by atoms with Crippen molar-refractivity contribution in [3.63, 3.8) is 0 Å². The average molecular weight is 455 g/mol. The van der Waals surface area contributed by atoms with E-state index in [1.165, 1.54) is 14.7 Å². The number of aryl methyl sites for hydroxylation is 2. The molecule has 0 spiro atoms. The molecule has 0 saturated heterocycles. The van der Waals surface area contributed by atoms with Crippen molar-refractivity contribution < 1.29 is 4.79 Å². The number of carbonyl (C=O) groups excluding carboxylic acids is 1. The number of hydrogen-bond donors (Lipinski definition) is 1. The Kier molecular flexibility index (Phi) is 5.84. The monoisotopic (exact) mass is 454 g/mol. The normalized spacial score (nSPS) is 15.1. The third-order valence-electron chi connectivity index (χ3n) is 6.45. The molecule has 1 atom stereocenters. The molecular formula is C27H26N4O3. The second-order valence-corrected chi connectivity index (χ2v) is 8.83.